The first-order valence-corrected chi connectivity index (χ1v) is 4.76. The first-order valence-electron chi connectivity index (χ1n) is 4.76. The van der Waals surface area contributed by atoms with Crippen molar-refractivity contribution in [3.63, 3.8) is 0 Å². The zero-order valence-corrected chi connectivity index (χ0v) is 8.34. The van der Waals surface area contributed by atoms with Gasteiger partial charge >= 0.3 is 5.97 Å². The van der Waals surface area contributed by atoms with Crippen molar-refractivity contribution < 1.29 is 19.3 Å². The standard InChI is InChI=1S/C8H10N4O4/c13-7(12-3-1-9-2-4-12)5-6(8(14)15)11-16-10-5/h9H,1-4H2,(H,14,15). The molecule has 1 amide bonds. The lowest BCUT2D eigenvalue weighted by Gasteiger charge is -2.26. The van der Waals surface area contributed by atoms with Crippen molar-refractivity contribution in [2.45, 2.75) is 0 Å². The highest BCUT2D eigenvalue weighted by atomic mass is 16.6. The third kappa shape index (κ3) is 1.87. The van der Waals surface area contributed by atoms with Crippen LogP contribution in [-0.4, -0.2) is 58.4 Å². The Hall–Kier alpha value is -1.96. The van der Waals surface area contributed by atoms with E-state index in [-0.39, 0.29) is 5.69 Å². The minimum atomic E-state index is -1.32. The summed E-state index contributed by atoms with van der Waals surface area (Å²) in [6, 6.07) is 0. The zero-order chi connectivity index (χ0) is 11.5. The maximum absolute atomic E-state index is 11.9. The third-order valence-electron chi connectivity index (χ3n) is 2.30. The van der Waals surface area contributed by atoms with Crippen molar-refractivity contribution in [2.75, 3.05) is 26.2 Å². The molecule has 1 aromatic rings. The molecule has 16 heavy (non-hydrogen) atoms. The molecule has 0 radical (unpaired) electrons. The number of carboxylic acid groups (broad SMARTS) is 1. The van der Waals surface area contributed by atoms with Crippen LogP contribution in [0.4, 0.5) is 0 Å². The molecule has 2 rings (SSSR count). The molecule has 0 bridgehead atoms. The summed E-state index contributed by atoms with van der Waals surface area (Å²) in [5, 5.41) is 18.4. The van der Waals surface area contributed by atoms with Gasteiger partial charge in [-0.1, -0.05) is 0 Å². The van der Waals surface area contributed by atoms with Crippen LogP contribution in [0.3, 0.4) is 0 Å². The minimum absolute atomic E-state index is 0.241. The second kappa shape index (κ2) is 4.27. The van der Waals surface area contributed by atoms with Crippen molar-refractivity contribution in [1.29, 1.82) is 0 Å². The Labute approximate surface area is 90.2 Å². The van der Waals surface area contributed by atoms with Crippen LogP contribution in [0.25, 0.3) is 0 Å². The highest BCUT2D eigenvalue weighted by molar-refractivity contribution is 6.01. The predicted molar refractivity (Wildman–Crippen MR) is 50.0 cm³/mol. The predicted octanol–water partition coefficient (Wildman–Crippen LogP) is -1.19. The summed E-state index contributed by atoms with van der Waals surface area (Å²) in [5.74, 6) is -1.78. The van der Waals surface area contributed by atoms with E-state index in [2.05, 4.69) is 20.3 Å². The lowest BCUT2D eigenvalue weighted by Crippen LogP contribution is -2.46. The van der Waals surface area contributed by atoms with Gasteiger partial charge in [0.2, 0.25) is 11.4 Å². The van der Waals surface area contributed by atoms with Crippen LogP contribution in [0.5, 0.6) is 0 Å². The van der Waals surface area contributed by atoms with E-state index in [0.29, 0.717) is 26.2 Å². The van der Waals surface area contributed by atoms with Gasteiger partial charge < -0.3 is 15.3 Å². The van der Waals surface area contributed by atoms with E-state index in [0.717, 1.165) is 0 Å². The summed E-state index contributed by atoms with van der Waals surface area (Å²) in [6.45, 7) is 2.40. The first kappa shape index (κ1) is 10.6. The molecule has 2 N–H and O–H groups in total. The van der Waals surface area contributed by atoms with Gasteiger partial charge in [-0.2, -0.15) is 0 Å². The van der Waals surface area contributed by atoms with E-state index in [4.69, 9.17) is 5.11 Å². The molecule has 8 nitrogen and oxygen atoms in total. The molecule has 8 heteroatoms. The molecular weight excluding hydrogens is 216 g/mol. The number of carbonyl (C=O) groups excluding carboxylic acids is 1. The van der Waals surface area contributed by atoms with Gasteiger partial charge in [0.25, 0.3) is 5.91 Å². The second-order valence-electron chi connectivity index (χ2n) is 3.31. The molecule has 1 aliphatic heterocycles. The van der Waals surface area contributed by atoms with Gasteiger partial charge in [0.15, 0.2) is 0 Å². The third-order valence-corrected chi connectivity index (χ3v) is 2.30. The van der Waals surface area contributed by atoms with Gasteiger partial charge in [-0.15, -0.1) is 0 Å². The maximum Gasteiger partial charge on any atom is 0.360 e. The molecule has 0 aliphatic carbocycles. The number of rotatable bonds is 2. The summed E-state index contributed by atoms with van der Waals surface area (Å²) in [7, 11) is 0. The summed E-state index contributed by atoms with van der Waals surface area (Å²) in [5.41, 5.74) is -0.682. The Kier molecular flexibility index (Phi) is 2.82. The number of hydrogen-bond donors (Lipinski definition) is 2. The lowest BCUT2D eigenvalue weighted by molar-refractivity contribution is 0.0662. The molecule has 1 saturated heterocycles. The van der Waals surface area contributed by atoms with Crippen molar-refractivity contribution in [3.05, 3.63) is 11.4 Å². The number of carboxylic acids is 1. The summed E-state index contributed by atoms with van der Waals surface area (Å²) < 4.78 is 4.27. The lowest BCUT2D eigenvalue weighted by atomic mass is 10.2. The molecule has 1 fully saturated rings. The van der Waals surface area contributed by atoms with Crippen LogP contribution < -0.4 is 5.32 Å². The van der Waals surface area contributed by atoms with Gasteiger partial charge in [-0.3, -0.25) is 4.79 Å². The van der Waals surface area contributed by atoms with Crippen molar-refractivity contribution in [1.82, 2.24) is 20.5 Å². The van der Waals surface area contributed by atoms with E-state index in [1.807, 2.05) is 0 Å². The number of piperazine rings is 1. The number of carbonyl (C=O) groups is 2. The van der Waals surface area contributed by atoms with Crippen LogP contribution in [0.1, 0.15) is 21.0 Å². The quantitative estimate of drug-likeness (QED) is 0.652. The Morgan fingerprint density at radius 3 is 2.50 bits per heavy atom. The molecule has 1 aromatic heterocycles. The maximum atomic E-state index is 11.9. The van der Waals surface area contributed by atoms with Crippen LogP contribution in [-0.2, 0) is 0 Å². The molecule has 86 valence electrons. The number of nitrogens with one attached hydrogen (secondary N) is 1. The van der Waals surface area contributed by atoms with Crippen LogP contribution in [0.2, 0.25) is 0 Å². The van der Waals surface area contributed by atoms with Crippen LogP contribution in [0.15, 0.2) is 4.63 Å². The van der Waals surface area contributed by atoms with Gasteiger partial charge in [-0.25, -0.2) is 9.42 Å². The normalized spacial score (nSPS) is 16.1. The summed E-state index contributed by atoms with van der Waals surface area (Å²) in [6.07, 6.45) is 0. The molecule has 0 unspecified atom stereocenters. The first-order chi connectivity index (χ1) is 7.70. The minimum Gasteiger partial charge on any atom is -0.476 e. The molecular formula is C8H10N4O4. The molecule has 0 atom stereocenters. The van der Waals surface area contributed by atoms with Gasteiger partial charge in [-0.05, 0) is 10.3 Å². The van der Waals surface area contributed by atoms with Crippen molar-refractivity contribution >= 4 is 11.9 Å². The Morgan fingerprint density at radius 2 is 1.88 bits per heavy atom. The van der Waals surface area contributed by atoms with Crippen molar-refractivity contribution in [3.8, 4) is 0 Å². The SMILES string of the molecule is O=C(O)c1nonc1C(=O)N1CCNCC1. The van der Waals surface area contributed by atoms with E-state index in [9.17, 15) is 9.59 Å². The fourth-order valence-corrected chi connectivity index (χ4v) is 1.49. The molecule has 2 heterocycles. The second-order valence-corrected chi connectivity index (χ2v) is 3.31. The van der Waals surface area contributed by atoms with Gasteiger partial charge in [0.1, 0.15) is 0 Å². The van der Waals surface area contributed by atoms with Crippen LogP contribution in [0, 0.1) is 0 Å². The number of amides is 1. The van der Waals surface area contributed by atoms with E-state index in [1.165, 1.54) is 4.90 Å². The number of aromatic nitrogens is 2. The monoisotopic (exact) mass is 226 g/mol. The average Bonchev–Trinajstić information content (AvgIpc) is 2.78. The smallest absolute Gasteiger partial charge is 0.360 e. The topological polar surface area (TPSA) is 109 Å². The van der Waals surface area contributed by atoms with Gasteiger partial charge in [0.05, 0.1) is 0 Å². The fraction of sp³-hybridized carbons (Fsp3) is 0.500. The summed E-state index contributed by atoms with van der Waals surface area (Å²) in [4.78, 5) is 24.1. The van der Waals surface area contributed by atoms with E-state index in [1.54, 1.807) is 0 Å². The average molecular weight is 226 g/mol. The highest BCUT2D eigenvalue weighted by Crippen LogP contribution is 2.07. The molecule has 0 aromatic carbocycles. The molecule has 1 aliphatic rings. The van der Waals surface area contributed by atoms with Crippen LogP contribution >= 0.6 is 0 Å². The largest absolute Gasteiger partial charge is 0.476 e. The zero-order valence-electron chi connectivity index (χ0n) is 8.34. The molecule has 0 saturated carbocycles. The Morgan fingerprint density at radius 1 is 1.25 bits per heavy atom. The number of aromatic carboxylic acids is 1. The van der Waals surface area contributed by atoms with E-state index >= 15 is 0 Å². The fourth-order valence-electron chi connectivity index (χ4n) is 1.49. The van der Waals surface area contributed by atoms with Crippen molar-refractivity contribution in [2.24, 2.45) is 0 Å². The van der Waals surface area contributed by atoms with Gasteiger partial charge in [0, 0.05) is 26.2 Å². The number of hydrogen-bond acceptors (Lipinski definition) is 6. The highest BCUT2D eigenvalue weighted by Gasteiger charge is 2.28. The van der Waals surface area contributed by atoms with E-state index < -0.39 is 17.6 Å². The summed E-state index contributed by atoms with van der Waals surface area (Å²) >= 11 is 0. The Balaban J connectivity index is 2.19. The number of nitrogens with zero attached hydrogens (tertiary/aromatic N) is 3. The Bertz CT molecular complexity index is 410. The molecule has 0 spiro atoms.